The maximum atomic E-state index is 10.1. The molecule has 0 aromatic heterocycles. The predicted molar refractivity (Wildman–Crippen MR) is 74.4 cm³/mol. The van der Waals surface area contributed by atoms with Crippen molar-refractivity contribution in [2.75, 3.05) is 13.6 Å². The molecule has 1 saturated carbocycles. The normalized spacial score (nSPS) is 17.5. The van der Waals surface area contributed by atoms with Crippen LogP contribution >= 0.6 is 27.5 Å². The van der Waals surface area contributed by atoms with E-state index in [1.165, 1.54) is 12.8 Å². The molecule has 0 heterocycles. The molecule has 1 fully saturated rings. The maximum absolute atomic E-state index is 10.1. The lowest BCUT2D eigenvalue weighted by molar-refractivity contribution is 0.147. The molecule has 0 spiro atoms. The Balaban J connectivity index is 1.91. The SMILES string of the molecule is CN(CCC(O)c1ccc(Br)cc1Cl)C1CC1. The molecular formula is C13H17BrClNO. The smallest absolute Gasteiger partial charge is 0.0816 e. The molecule has 1 aliphatic rings. The van der Waals surface area contributed by atoms with Gasteiger partial charge >= 0.3 is 0 Å². The molecule has 2 rings (SSSR count). The van der Waals surface area contributed by atoms with Gasteiger partial charge in [0.1, 0.15) is 0 Å². The molecule has 0 amide bonds. The van der Waals surface area contributed by atoms with Crippen molar-refractivity contribution in [3.63, 3.8) is 0 Å². The van der Waals surface area contributed by atoms with Gasteiger partial charge in [0.25, 0.3) is 0 Å². The molecule has 0 radical (unpaired) electrons. The van der Waals surface area contributed by atoms with Crippen LogP contribution in [0.4, 0.5) is 0 Å². The Hall–Kier alpha value is -0.0900. The van der Waals surface area contributed by atoms with E-state index >= 15 is 0 Å². The van der Waals surface area contributed by atoms with E-state index in [2.05, 4.69) is 27.9 Å². The lowest BCUT2D eigenvalue weighted by Gasteiger charge is -2.19. The summed E-state index contributed by atoms with van der Waals surface area (Å²) >= 11 is 9.47. The first-order valence-corrected chi connectivity index (χ1v) is 7.08. The number of aliphatic hydroxyl groups excluding tert-OH is 1. The number of hydrogen-bond donors (Lipinski definition) is 1. The summed E-state index contributed by atoms with van der Waals surface area (Å²) in [6, 6.07) is 6.36. The Kier molecular flexibility index (Phi) is 4.47. The Bertz CT molecular complexity index is 395. The van der Waals surface area contributed by atoms with Crippen molar-refractivity contribution in [1.82, 2.24) is 4.90 Å². The van der Waals surface area contributed by atoms with Gasteiger partial charge in [0.15, 0.2) is 0 Å². The van der Waals surface area contributed by atoms with Gasteiger partial charge in [-0.05, 0) is 44.0 Å². The second-order valence-electron chi connectivity index (χ2n) is 4.68. The van der Waals surface area contributed by atoms with Crippen molar-refractivity contribution in [2.24, 2.45) is 0 Å². The van der Waals surface area contributed by atoms with Crippen LogP contribution in [-0.4, -0.2) is 29.6 Å². The summed E-state index contributed by atoms with van der Waals surface area (Å²) in [4.78, 5) is 2.32. The monoisotopic (exact) mass is 317 g/mol. The minimum Gasteiger partial charge on any atom is -0.388 e. The summed E-state index contributed by atoms with van der Waals surface area (Å²) in [5, 5.41) is 10.7. The van der Waals surface area contributed by atoms with Gasteiger partial charge in [0.2, 0.25) is 0 Å². The van der Waals surface area contributed by atoms with Gasteiger partial charge in [-0.15, -0.1) is 0 Å². The van der Waals surface area contributed by atoms with Crippen molar-refractivity contribution < 1.29 is 5.11 Å². The van der Waals surface area contributed by atoms with E-state index in [0.717, 1.165) is 29.0 Å². The van der Waals surface area contributed by atoms with E-state index in [1.54, 1.807) is 0 Å². The Morgan fingerprint density at radius 1 is 1.53 bits per heavy atom. The van der Waals surface area contributed by atoms with Crippen LogP contribution in [0, 0.1) is 0 Å². The fourth-order valence-electron chi connectivity index (χ4n) is 1.95. The summed E-state index contributed by atoms with van der Waals surface area (Å²) in [6.07, 6.45) is 2.85. The van der Waals surface area contributed by atoms with Gasteiger partial charge in [0, 0.05) is 22.1 Å². The summed E-state index contributed by atoms with van der Waals surface area (Å²) in [5.41, 5.74) is 0.819. The van der Waals surface area contributed by atoms with E-state index in [1.807, 2.05) is 18.2 Å². The van der Waals surface area contributed by atoms with Crippen LogP contribution in [0.1, 0.15) is 30.9 Å². The quantitative estimate of drug-likeness (QED) is 0.896. The predicted octanol–water partition coefficient (Wildman–Crippen LogP) is 3.62. The molecule has 0 bridgehead atoms. The van der Waals surface area contributed by atoms with Crippen LogP contribution in [0.2, 0.25) is 5.02 Å². The highest BCUT2D eigenvalue weighted by Crippen LogP contribution is 2.30. The number of benzene rings is 1. The van der Waals surface area contributed by atoms with Crippen molar-refractivity contribution in [2.45, 2.75) is 31.4 Å². The zero-order valence-electron chi connectivity index (χ0n) is 9.87. The third-order valence-electron chi connectivity index (χ3n) is 3.25. The first kappa shape index (κ1) is 13.3. The average molecular weight is 319 g/mol. The number of nitrogens with zero attached hydrogens (tertiary/aromatic N) is 1. The molecule has 94 valence electrons. The summed E-state index contributed by atoms with van der Waals surface area (Å²) in [7, 11) is 2.12. The van der Waals surface area contributed by atoms with Crippen LogP contribution in [0.3, 0.4) is 0 Å². The van der Waals surface area contributed by atoms with Crippen molar-refractivity contribution in [3.05, 3.63) is 33.3 Å². The number of aliphatic hydroxyl groups is 1. The van der Waals surface area contributed by atoms with E-state index in [-0.39, 0.29) is 0 Å². The zero-order valence-corrected chi connectivity index (χ0v) is 12.2. The van der Waals surface area contributed by atoms with Crippen LogP contribution in [0.15, 0.2) is 22.7 Å². The second-order valence-corrected chi connectivity index (χ2v) is 6.00. The molecule has 1 unspecified atom stereocenters. The first-order valence-electron chi connectivity index (χ1n) is 5.91. The molecule has 1 aliphatic carbocycles. The fraction of sp³-hybridized carbons (Fsp3) is 0.538. The first-order chi connectivity index (χ1) is 8.08. The third kappa shape index (κ3) is 3.68. The molecular weight excluding hydrogens is 302 g/mol. The molecule has 1 N–H and O–H groups in total. The van der Waals surface area contributed by atoms with Gasteiger partial charge in [-0.25, -0.2) is 0 Å². The summed E-state index contributed by atoms with van der Waals surface area (Å²) < 4.78 is 0.938. The number of rotatable bonds is 5. The highest BCUT2D eigenvalue weighted by atomic mass is 79.9. The minimum atomic E-state index is -0.475. The largest absolute Gasteiger partial charge is 0.388 e. The zero-order chi connectivity index (χ0) is 12.4. The minimum absolute atomic E-state index is 0.475. The van der Waals surface area contributed by atoms with Crippen LogP contribution < -0.4 is 0 Å². The van der Waals surface area contributed by atoms with Gasteiger partial charge in [-0.2, -0.15) is 0 Å². The Morgan fingerprint density at radius 2 is 2.24 bits per heavy atom. The summed E-state index contributed by atoms with van der Waals surface area (Å²) in [5.74, 6) is 0. The topological polar surface area (TPSA) is 23.5 Å². The Labute approximate surface area is 116 Å². The third-order valence-corrected chi connectivity index (χ3v) is 4.07. The van der Waals surface area contributed by atoms with Crippen LogP contribution in [0.25, 0.3) is 0 Å². The molecule has 1 aromatic carbocycles. The van der Waals surface area contributed by atoms with E-state index in [9.17, 15) is 5.11 Å². The molecule has 4 heteroatoms. The van der Waals surface area contributed by atoms with Crippen LogP contribution in [0.5, 0.6) is 0 Å². The standard InChI is InChI=1S/C13H17BrClNO/c1-16(10-3-4-10)7-6-13(17)11-5-2-9(14)8-12(11)15/h2,5,8,10,13,17H,3-4,6-7H2,1H3. The lowest BCUT2D eigenvalue weighted by Crippen LogP contribution is -2.23. The highest BCUT2D eigenvalue weighted by molar-refractivity contribution is 9.10. The van der Waals surface area contributed by atoms with Crippen molar-refractivity contribution in [3.8, 4) is 0 Å². The molecule has 1 aromatic rings. The van der Waals surface area contributed by atoms with Gasteiger partial charge < -0.3 is 10.0 Å². The molecule has 1 atom stereocenters. The van der Waals surface area contributed by atoms with E-state index in [4.69, 9.17) is 11.6 Å². The molecule has 0 aliphatic heterocycles. The number of halogens is 2. The average Bonchev–Trinajstić information content (AvgIpc) is 3.09. The summed E-state index contributed by atoms with van der Waals surface area (Å²) in [6.45, 7) is 0.915. The van der Waals surface area contributed by atoms with Crippen molar-refractivity contribution >= 4 is 27.5 Å². The maximum Gasteiger partial charge on any atom is 0.0816 e. The molecule has 2 nitrogen and oxygen atoms in total. The van der Waals surface area contributed by atoms with E-state index in [0.29, 0.717) is 5.02 Å². The molecule has 0 saturated heterocycles. The van der Waals surface area contributed by atoms with Crippen molar-refractivity contribution in [1.29, 1.82) is 0 Å². The number of hydrogen-bond acceptors (Lipinski definition) is 2. The van der Waals surface area contributed by atoms with Gasteiger partial charge in [-0.1, -0.05) is 33.6 Å². The highest BCUT2D eigenvalue weighted by Gasteiger charge is 2.26. The van der Waals surface area contributed by atoms with E-state index < -0.39 is 6.10 Å². The van der Waals surface area contributed by atoms with Crippen LogP contribution in [-0.2, 0) is 0 Å². The Morgan fingerprint density at radius 3 is 2.82 bits per heavy atom. The van der Waals surface area contributed by atoms with Gasteiger partial charge in [0.05, 0.1) is 6.10 Å². The fourth-order valence-corrected chi connectivity index (χ4v) is 2.75. The van der Waals surface area contributed by atoms with Gasteiger partial charge in [-0.3, -0.25) is 0 Å². The molecule has 17 heavy (non-hydrogen) atoms. The second kappa shape index (κ2) is 5.70. The lowest BCUT2D eigenvalue weighted by atomic mass is 10.1.